The van der Waals surface area contributed by atoms with Gasteiger partial charge in [0.05, 0.1) is 0 Å². The molecule has 5 rings (SSSR count). The van der Waals surface area contributed by atoms with Gasteiger partial charge in [-0.2, -0.15) is 0 Å². The third-order valence-electron chi connectivity index (χ3n) is 5.75. The highest BCUT2D eigenvalue weighted by Gasteiger charge is 2.32. The number of carbonyl (C=O) groups excluding carboxylic acids is 2. The summed E-state index contributed by atoms with van der Waals surface area (Å²) in [5.74, 6) is 0.275. The summed E-state index contributed by atoms with van der Waals surface area (Å²) in [6.45, 7) is 1.86. The summed E-state index contributed by atoms with van der Waals surface area (Å²) in [5.41, 5.74) is 4.36. The monoisotopic (exact) mass is 410 g/mol. The van der Waals surface area contributed by atoms with E-state index in [4.69, 9.17) is 0 Å². The number of aromatic nitrogens is 2. The molecule has 0 unspecified atom stereocenters. The van der Waals surface area contributed by atoms with E-state index in [9.17, 15) is 9.59 Å². The Labute approximate surface area is 180 Å². The molecule has 0 radical (unpaired) electrons. The second kappa shape index (κ2) is 8.07. The fraction of sp³-hybridized carbons (Fsp3) is 0.160. The molecule has 31 heavy (non-hydrogen) atoms. The number of imidazole rings is 1. The van der Waals surface area contributed by atoms with Crippen molar-refractivity contribution in [3.05, 3.63) is 108 Å². The van der Waals surface area contributed by atoms with Gasteiger partial charge in [-0.15, -0.1) is 0 Å². The van der Waals surface area contributed by atoms with Crippen LogP contribution in [0.25, 0.3) is 5.65 Å². The molecule has 1 saturated heterocycles. The largest absolute Gasteiger partial charge is 0.348 e. The molecule has 1 aliphatic rings. The first-order chi connectivity index (χ1) is 15.2. The number of rotatable bonds is 5. The zero-order chi connectivity index (χ0) is 21.2. The van der Waals surface area contributed by atoms with Crippen LogP contribution in [-0.4, -0.2) is 39.2 Å². The average Bonchev–Trinajstić information content (AvgIpc) is 3.25. The van der Waals surface area contributed by atoms with Crippen molar-refractivity contribution in [1.82, 2.24) is 19.6 Å². The van der Waals surface area contributed by atoms with E-state index in [0.717, 1.165) is 22.3 Å². The second-order valence-electron chi connectivity index (χ2n) is 7.81. The molecule has 2 aromatic carbocycles. The summed E-state index contributed by atoms with van der Waals surface area (Å²) in [7, 11) is 0. The van der Waals surface area contributed by atoms with E-state index in [0.29, 0.717) is 31.1 Å². The van der Waals surface area contributed by atoms with Gasteiger partial charge < -0.3 is 14.6 Å². The molecular formula is C25H22N4O2. The maximum Gasteiger partial charge on any atom is 0.253 e. The van der Waals surface area contributed by atoms with Crippen LogP contribution in [0.1, 0.15) is 37.8 Å². The molecule has 0 spiro atoms. The molecule has 0 bridgehead atoms. The standard InChI is InChI=1S/C25H22N4O2/c30-24(27-15-18-10-12-28-13-11-26-23(28)14-18)20-8-6-19(7-9-20)22-16-29(17-22)25(31)21-4-2-1-3-5-21/h1-14,22H,15-17H2,(H,27,30). The first-order valence-corrected chi connectivity index (χ1v) is 10.3. The van der Waals surface area contributed by atoms with Crippen LogP contribution in [0.2, 0.25) is 0 Å². The number of benzene rings is 2. The Morgan fingerprint density at radius 1 is 0.935 bits per heavy atom. The number of carbonyl (C=O) groups is 2. The number of pyridine rings is 1. The Bertz CT molecular complexity index is 1230. The third kappa shape index (κ3) is 3.92. The summed E-state index contributed by atoms with van der Waals surface area (Å²) in [4.78, 5) is 31.1. The van der Waals surface area contributed by atoms with Gasteiger partial charge in [0.25, 0.3) is 11.8 Å². The van der Waals surface area contributed by atoms with Crippen LogP contribution in [-0.2, 0) is 6.54 Å². The lowest BCUT2D eigenvalue weighted by Gasteiger charge is -2.39. The van der Waals surface area contributed by atoms with Crippen LogP contribution in [0.3, 0.4) is 0 Å². The van der Waals surface area contributed by atoms with E-state index in [1.165, 1.54) is 0 Å². The molecule has 3 heterocycles. The van der Waals surface area contributed by atoms with E-state index in [1.807, 2.05) is 88.4 Å². The molecule has 0 aliphatic carbocycles. The second-order valence-corrected chi connectivity index (χ2v) is 7.81. The minimum Gasteiger partial charge on any atom is -0.348 e. The first kappa shape index (κ1) is 19.1. The smallest absolute Gasteiger partial charge is 0.253 e. The van der Waals surface area contributed by atoms with E-state index in [-0.39, 0.29) is 11.8 Å². The van der Waals surface area contributed by atoms with E-state index >= 15 is 0 Å². The summed E-state index contributed by atoms with van der Waals surface area (Å²) in [6, 6.07) is 21.0. The van der Waals surface area contributed by atoms with Gasteiger partial charge in [0.2, 0.25) is 0 Å². The Kier molecular flexibility index (Phi) is 4.96. The summed E-state index contributed by atoms with van der Waals surface area (Å²) in [5, 5.41) is 2.96. The van der Waals surface area contributed by atoms with E-state index < -0.39 is 0 Å². The third-order valence-corrected chi connectivity index (χ3v) is 5.75. The summed E-state index contributed by atoms with van der Waals surface area (Å²) >= 11 is 0. The van der Waals surface area contributed by atoms with Crippen molar-refractivity contribution < 1.29 is 9.59 Å². The zero-order valence-corrected chi connectivity index (χ0v) is 16.9. The molecule has 4 aromatic rings. The predicted molar refractivity (Wildman–Crippen MR) is 118 cm³/mol. The number of likely N-dealkylation sites (tertiary alicyclic amines) is 1. The molecule has 6 heteroatoms. The van der Waals surface area contributed by atoms with Crippen molar-refractivity contribution >= 4 is 17.5 Å². The topological polar surface area (TPSA) is 66.7 Å². The van der Waals surface area contributed by atoms with Crippen molar-refractivity contribution in [1.29, 1.82) is 0 Å². The Morgan fingerprint density at radius 2 is 1.71 bits per heavy atom. The maximum absolute atomic E-state index is 12.5. The summed E-state index contributed by atoms with van der Waals surface area (Å²) in [6.07, 6.45) is 5.57. The van der Waals surface area contributed by atoms with Crippen molar-refractivity contribution in [2.75, 3.05) is 13.1 Å². The van der Waals surface area contributed by atoms with Crippen LogP contribution in [0, 0.1) is 0 Å². The quantitative estimate of drug-likeness (QED) is 0.548. The number of hydrogen-bond acceptors (Lipinski definition) is 3. The van der Waals surface area contributed by atoms with Crippen LogP contribution in [0.15, 0.2) is 85.3 Å². The van der Waals surface area contributed by atoms with Gasteiger partial charge in [0.15, 0.2) is 0 Å². The molecule has 0 atom stereocenters. The van der Waals surface area contributed by atoms with E-state index in [2.05, 4.69) is 10.3 Å². The fourth-order valence-electron chi connectivity index (χ4n) is 3.87. The Hall–Kier alpha value is -3.93. The summed E-state index contributed by atoms with van der Waals surface area (Å²) < 4.78 is 1.93. The lowest BCUT2D eigenvalue weighted by Crippen LogP contribution is -2.48. The van der Waals surface area contributed by atoms with Crippen molar-refractivity contribution in [2.24, 2.45) is 0 Å². The van der Waals surface area contributed by atoms with Gasteiger partial charge in [0.1, 0.15) is 5.65 Å². The Balaban J connectivity index is 1.15. The van der Waals surface area contributed by atoms with Gasteiger partial charge in [0, 0.05) is 55.3 Å². The average molecular weight is 410 g/mol. The Morgan fingerprint density at radius 3 is 2.48 bits per heavy atom. The number of nitrogens with one attached hydrogen (secondary N) is 1. The highest BCUT2D eigenvalue weighted by Crippen LogP contribution is 2.28. The minimum atomic E-state index is -0.107. The lowest BCUT2D eigenvalue weighted by atomic mass is 9.90. The number of hydrogen-bond donors (Lipinski definition) is 1. The fourth-order valence-corrected chi connectivity index (χ4v) is 3.87. The number of nitrogens with zero attached hydrogens (tertiary/aromatic N) is 3. The highest BCUT2D eigenvalue weighted by molar-refractivity contribution is 5.95. The van der Waals surface area contributed by atoms with Crippen LogP contribution in [0.4, 0.5) is 0 Å². The van der Waals surface area contributed by atoms with Gasteiger partial charge in [-0.05, 0) is 47.5 Å². The number of fused-ring (bicyclic) bond motifs is 1. The predicted octanol–water partition coefficient (Wildman–Crippen LogP) is 3.50. The van der Waals surface area contributed by atoms with Gasteiger partial charge in [-0.3, -0.25) is 9.59 Å². The molecule has 6 nitrogen and oxygen atoms in total. The molecule has 0 saturated carbocycles. The van der Waals surface area contributed by atoms with Crippen molar-refractivity contribution in [3.8, 4) is 0 Å². The molecular weight excluding hydrogens is 388 g/mol. The minimum absolute atomic E-state index is 0.0707. The maximum atomic E-state index is 12.5. The zero-order valence-electron chi connectivity index (χ0n) is 16.9. The molecule has 2 aromatic heterocycles. The highest BCUT2D eigenvalue weighted by atomic mass is 16.2. The first-order valence-electron chi connectivity index (χ1n) is 10.3. The van der Waals surface area contributed by atoms with Gasteiger partial charge in [-0.1, -0.05) is 30.3 Å². The SMILES string of the molecule is O=C(NCc1ccn2ccnc2c1)c1ccc(C2CN(C(=O)c3ccccc3)C2)cc1. The van der Waals surface area contributed by atoms with Crippen LogP contribution >= 0.6 is 0 Å². The lowest BCUT2D eigenvalue weighted by molar-refractivity contribution is 0.0602. The van der Waals surface area contributed by atoms with Gasteiger partial charge >= 0.3 is 0 Å². The molecule has 1 fully saturated rings. The van der Waals surface area contributed by atoms with E-state index in [1.54, 1.807) is 6.20 Å². The van der Waals surface area contributed by atoms with Crippen molar-refractivity contribution in [2.45, 2.75) is 12.5 Å². The molecule has 154 valence electrons. The molecule has 1 N–H and O–H groups in total. The number of amides is 2. The van der Waals surface area contributed by atoms with Crippen LogP contribution < -0.4 is 5.32 Å². The van der Waals surface area contributed by atoms with Gasteiger partial charge in [-0.25, -0.2) is 4.98 Å². The van der Waals surface area contributed by atoms with Crippen molar-refractivity contribution in [3.63, 3.8) is 0 Å². The normalized spacial score (nSPS) is 13.7. The molecule has 2 amide bonds. The molecule has 1 aliphatic heterocycles. The van der Waals surface area contributed by atoms with Crippen LogP contribution in [0.5, 0.6) is 0 Å².